The summed E-state index contributed by atoms with van der Waals surface area (Å²) < 4.78 is 12.1. The van der Waals surface area contributed by atoms with E-state index in [0.717, 1.165) is 38.9 Å². The third kappa shape index (κ3) is 21.6. The number of unbranched alkanes of at least 4 members (excludes halogenated alkanes) is 12. The molecule has 0 atom stereocenters. The van der Waals surface area contributed by atoms with Gasteiger partial charge in [0.1, 0.15) is 0 Å². The average Bonchev–Trinajstić information content (AvgIpc) is 2.68. The van der Waals surface area contributed by atoms with E-state index in [2.05, 4.69) is 26.5 Å². The molecule has 0 aromatic heterocycles. The lowest BCUT2D eigenvalue weighted by Gasteiger charge is -2.18. The van der Waals surface area contributed by atoms with E-state index in [-0.39, 0.29) is 6.29 Å². The lowest BCUT2D eigenvalue weighted by atomic mass is 10.1. The summed E-state index contributed by atoms with van der Waals surface area (Å²) in [6.45, 7) is 9.93. The first-order valence-corrected chi connectivity index (χ1v) is 11.9. The van der Waals surface area contributed by atoms with Gasteiger partial charge in [0.05, 0.1) is 0 Å². The van der Waals surface area contributed by atoms with Crippen molar-refractivity contribution in [3.63, 3.8) is 0 Å². The van der Waals surface area contributed by atoms with Crippen LogP contribution in [0.1, 0.15) is 117 Å². The lowest BCUT2D eigenvalue weighted by Crippen LogP contribution is -2.18. The van der Waals surface area contributed by atoms with Crippen LogP contribution < -0.4 is 0 Å². The van der Waals surface area contributed by atoms with Crippen LogP contribution in [0.4, 0.5) is 0 Å². The van der Waals surface area contributed by atoms with Gasteiger partial charge in [0.25, 0.3) is 0 Å². The van der Waals surface area contributed by atoms with Gasteiger partial charge in [-0.15, -0.1) is 0 Å². The Bertz CT molecular complexity index is 291. The maximum atomic E-state index is 6.03. The van der Waals surface area contributed by atoms with Gasteiger partial charge in [-0.3, -0.25) is 0 Å². The molecule has 0 aromatic carbocycles. The minimum absolute atomic E-state index is 0.0420. The Morgan fingerprint density at radius 1 is 0.667 bits per heavy atom. The maximum absolute atomic E-state index is 6.03. The lowest BCUT2D eigenvalue weighted by molar-refractivity contribution is -0.146. The van der Waals surface area contributed by atoms with E-state index in [0.29, 0.717) is 0 Å². The van der Waals surface area contributed by atoms with Crippen molar-refractivity contribution < 1.29 is 9.47 Å². The summed E-state index contributed by atoms with van der Waals surface area (Å²) in [6, 6.07) is 0. The molecule has 160 valence electrons. The molecule has 2 nitrogen and oxygen atoms in total. The van der Waals surface area contributed by atoms with Crippen LogP contribution in [-0.2, 0) is 9.47 Å². The summed E-state index contributed by atoms with van der Waals surface area (Å²) in [5.74, 6) is 0. The summed E-state index contributed by atoms with van der Waals surface area (Å²) in [4.78, 5) is 0. The smallest absolute Gasteiger partial charge is 0.157 e. The highest BCUT2D eigenvalue weighted by atomic mass is 16.7. The highest BCUT2D eigenvalue weighted by molar-refractivity contribution is 4.96. The van der Waals surface area contributed by atoms with Gasteiger partial charge in [0.15, 0.2) is 6.29 Å². The second-order valence-corrected chi connectivity index (χ2v) is 7.65. The molecule has 0 bridgehead atoms. The van der Waals surface area contributed by atoms with Crippen LogP contribution in [0.5, 0.6) is 0 Å². The molecule has 0 aliphatic heterocycles. The average molecular weight is 381 g/mol. The number of allylic oxidation sites excluding steroid dienone is 3. The second kappa shape index (κ2) is 23.4. The molecule has 0 saturated heterocycles. The summed E-state index contributed by atoms with van der Waals surface area (Å²) >= 11 is 0. The van der Waals surface area contributed by atoms with Crippen molar-refractivity contribution in [1.29, 1.82) is 0 Å². The van der Waals surface area contributed by atoms with Gasteiger partial charge < -0.3 is 9.47 Å². The molecule has 0 radical (unpaired) electrons. The first-order valence-electron chi connectivity index (χ1n) is 11.9. The number of hydrogen-bond donors (Lipinski definition) is 0. The minimum atomic E-state index is -0.0420. The van der Waals surface area contributed by atoms with Gasteiger partial charge in [-0.2, -0.15) is 0 Å². The molecule has 0 unspecified atom stereocenters. The fourth-order valence-corrected chi connectivity index (χ4v) is 3.19. The van der Waals surface area contributed by atoms with E-state index >= 15 is 0 Å². The van der Waals surface area contributed by atoms with E-state index in [1.54, 1.807) is 0 Å². The first-order chi connectivity index (χ1) is 13.3. The van der Waals surface area contributed by atoms with Gasteiger partial charge >= 0.3 is 0 Å². The molecule has 0 aliphatic rings. The highest BCUT2D eigenvalue weighted by Gasteiger charge is 2.08. The molecule has 0 amide bonds. The molecule has 0 fully saturated rings. The Balaban J connectivity index is 3.76. The molecule has 0 aliphatic carbocycles. The Labute approximate surface area is 170 Å². The van der Waals surface area contributed by atoms with Crippen LogP contribution in [0.15, 0.2) is 24.8 Å². The fourth-order valence-electron chi connectivity index (χ4n) is 3.19. The molecule has 0 aromatic rings. The number of hydrogen-bond acceptors (Lipinski definition) is 2. The third-order valence-corrected chi connectivity index (χ3v) is 4.94. The van der Waals surface area contributed by atoms with Crippen molar-refractivity contribution in [2.45, 2.75) is 123 Å². The molecule has 27 heavy (non-hydrogen) atoms. The zero-order chi connectivity index (χ0) is 19.8. The second-order valence-electron chi connectivity index (χ2n) is 7.65. The van der Waals surface area contributed by atoms with Crippen LogP contribution in [0.2, 0.25) is 0 Å². The summed E-state index contributed by atoms with van der Waals surface area (Å²) in [5, 5.41) is 0. The minimum Gasteiger partial charge on any atom is -0.353 e. The van der Waals surface area contributed by atoms with Crippen molar-refractivity contribution >= 4 is 0 Å². The molecule has 0 heterocycles. The van der Waals surface area contributed by atoms with Crippen LogP contribution in [0.25, 0.3) is 0 Å². The van der Waals surface area contributed by atoms with E-state index in [1.807, 2.05) is 12.2 Å². The van der Waals surface area contributed by atoms with Gasteiger partial charge in [0, 0.05) is 19.6 Å². The highest BCUT2D eigenvalue weighted by Crippen LogP contribution is 2.12. The van der Waals surface area contributed by atoms with E-state index in [4.69, 9.17) is 9.47 Å². The van der Waals surface area contributed by atoms with Crippen molar-refractivity contribution in [2.75, 3.05) is 13.2 Å². The van der Waals surface area contributed by atoms with Crippen molar-refractivity contribution in [1.82, 2.24) is 0 Å². The molecule has 2 heteroatoms. The summed E-state index contributed by atoms with van der Waals surface area (Å²) in [5.41, 5.74) is 0. The van der Waals surface area contributed by atoms with Gasteiger partial charge in [-0.05, 0) is 19.3 Å². The molecule has 0 N–H and O–H groups in total. The van der Waals surface area contributed by atoms with Crippen LogP contribution in [0, 0.1) is 0 Å². The normalized spacial score (nSPS) is 11.7. The summed E-state index contributed by atoms with van der Waals surface area (Å²) in [7, 11) is 0. The fraction of sp³-hybridized carbons (Fsp3) is 0.840. The first kappa shape index (κ1) is 26.4. The molecule has 0 saturated carbocycles. The summed E-state index contributed by atoms with van der Waals surface area (Å²) in [6.07, 6.45) is 26.4. The molecule has 0 spiro atoms. The van der Waals surface area contributed by atoms with Crippen molar-refractivity contribution in [3.05, 3.63) is 24.8 Å². The Morgan fingerprint density at radius 3 is 1.56 bits per heavy atom. The van der Waals surface area contributed by atoms with Crippen molar-refractivity contribution in [2.24, 2.45) is 0 Å². The van der Waals surface area contributed by atoms with Crippen LogP contribution in [-0.4, -0.2) is 19.5 Å². The zero-order valence-electron chi connectivity index (χ0n) is 18.6. The quantitative estimate of drug-likeness (QED) is 0.107. The maximum Gasteiger partial charge on any atom is 0.157 e. The van der Waals surface area contributed by atoms with Gasteiger partial charge in [-0.1, -0.05) is 116 Å². The Morgan fingerprint density at radius 2 is 1.11 bits per heavy atom. The standard InChI is InChI=1S/C25H48O2/c1-4-7-10-13-15-17-20-23-26-25(22-19-12-9-6-3)27-24-21-18-16-14-11-8-5-2/h6,9,12,25H,3-5,7-8,10-11,13-24H2,1-2H3/b12-9-. The topological polar surface area (TPSA) is 18.5 Å². The number of ether oxygens (including phenoxy) is 2. The zero-order valence-corrected chi connectivity index (χ0v) is 18.6. The van der Waals surface area contributed by atoms with Gasteiger partial charge in [-0.25, -0.2) is 0 Å². The molecule has 0 rings (SSSR count). The molecular weight excluding hydrogens is 332 g/mol. The Kier molecular flexibility index (Phi) is 22.9. The van der Waals surface area contributed by atoms with E-state index in [1.165, 1.54) is 77.0 Å². The van der Waals surface area contributed by atoms with Crippen molar-refractivity contribution in [3.8, 4) is 0 Å². The predicted octanol–water partition coefficient (Wildman–Crippen LogP) is 8.37. The largest absolute Gasteiger partial charge is 0.353 e. The third-order valence-electron chi connectivity index (χ3n) is 4.94. The van der Waals surface area contributed by atoms with Gasteiger partial charge in [0.2, 0.25) is 0 Å². The van der Waals surface area contributed by atoms with E-state index in [9.17, 15) is 0 Å². The SMILES string of the molecule is C=C/C=C\CCC(OCCCCCCCCC)OCCCCCCCCC. The van der Waals surface area contributed by atoms with Crippen LogP contribution >= 0.6 is 0 Å². The predicted molar refractivity (Wildman–Crippen MR) is 120 cm³/mol. The van der Waals surface area contributed by atoms with E-state index < -0.39 is 0 Å². The Hall–Kier alpha value is -0.600. The molecular formula is C25H48O2. The van der Waals surface area contributed by atoms with Crippen LogP contribution in [0.3, 0.4) is 0 Å². The number of rotatable bonds is 22. The monoisotopic (exact) mass is 380 g/mol.